The lowest BCUT2D eigenvalue weighted by atomic mass is 10.1. The Morgan fingerprint density at radius 1 is 1.29 bits per heavy atom. The molecule has 0 aliphatic heterocycles. The van der Waals surface area contributed by atoms with Gasteiger partial charge in [0.2, 0.25) is 0 Å². The van der Waals surface area contributed by atoms with Crippen molar-refractivity contribution in [1.82, 2.24) is 10.2 Å². The van der Waals surface area contributed by atoms with E-state index in [0.717, 1.165) is 16.6 Å². The van der Waals surface area contributed by atoms with Crippen LogP contribution < -0.4 is 4.90 Å². The van der Waals surface area contributed by atoms with Crippen LogP contribution in [0.1, 0.15) is 13.8 Å². The molecule has 2 rings (SSSR count). The van der Waals surface area contributed by atoms with E-state index in [-0.39, 0.29) is 5.54 Å². The number of benzene rings is 1. The van der Waals surface area contributed by atoms with Crippen LogP contribution in [-0.2, 0) is 0 Å². The second kappa shape index (κ2) is 4.49. The van der Waals surface area contributed by atoms with Crippen LogP contribution >= 0.6 is 11.6 Å². The van der Waals surface area contributed by atoms with Crippen molar-refractivity contribution in [2.75, 3.05) is 17.8 Å². The number of hydrogen-bond donors (Lipinski definition) is 0. The van der Waals surface area contributed by atoms with Gasteiger partial charge < -0.3 is 4.90 Å². The van der Waals surface area contributed by atoms with Gasteiger partial charge in [0.05, 0.1) is 6.20 Å². The van der Waals surface area contributed by atoms with Crippen molar-refractivity contribution in [1.29, 1.82) is 0 Å². The molecule has 90 valence electrons. The summed E-state index contributed by atoms with van der Waals surface area (Å²) in [6, 6.07) is 8.10. The highest BCUT2D eigenvalue weighted by Gasteiger charge is 2.25. The monoisotopic (exact) mass is 249 g/mol. The summed E-state index contributed by atoms with van der Waals surface area (Å²) in [5, 5.41) is 10.5. The highest BCUT2D eigenvalue weighted by atomic mass is 35.5. The molecule has 0 atom stereocenters. The average molecular weight is 250 g/mol. The summed E-state index contributed by atoms with van der Waals surface area (Å²) in [4.78, 5) is 2.08. The summed E-state index contributed by atoms with van der Waals surface area (Å²) < 4.78 is 0. The quantitative estimate of drug-likeness (QED) is 0.783. The minimum Gasteiger partial charge on any atom is -0.351 e. The SMILES string of the molecule is CN(c1nncc2ccccc12)C(C)(C)CCl. The maximum atomic E-state index is 6.00. The molecule has 0 unspecified atom stereocenters. The Morgan fingerprint density at radius 3 is 2.71 bits per heavy atom. The fourth-order valence-corrected chi connectivity index (χ4v) is 1.82. The summed E-state index contributed by atoms with van der Waals surface area (Å²) in [7, 11) is 2.00. The van der Waals surface area contributed by atoms with Crippen molar-refractivity contribution in [3.8, 4) is 0 Å². The normalized spacial score (nSPS) is 11.8. The van der Waals surface area contributed by atoms with Crippen molar-refractivity contribution in [2.45, 2.75) is 19.4 Å². The molecule has 0 fully saturated rings. The summed E-state index contributed by atoms with van der Waals surface area (Å²) >= 11 is 6.00. The lowest BCUT2D eigenvalue weighted by molar-refractivity contribution is 0.539. The Hall–Kier alpha value is -1.35. The second-order valence-corrected chi connectivity index (χ2v) is 5.03. The molecule has 0 radical (unpaired) electrons. The first-order valence-corrected chi connectivity index (χ1v) is 6.10. The molecule has 0 spiro atoms. The Labute approximate surface area is 106 Å². The molecule has 0 aliphatic rings. The molecule has 0 N–H and O–H groups in total. The van der Waals surface area contributed by atoms with E-state index < -0.39 is 0 Å². The van der Waals surface area contributed by atoms with Gasteiger partial charge in [-0.05, 0) is 13.8 Å². The first kappa shape index (κ1) is 12.1. The molecule has 1 aromatic heterocycles. The highest BCUT2D eigenvalue weighted by molar-refractivity contribution is 6.18. The van der Waals surface area contributed by atoms with Gasteiger partial charge in [0.15, 0.2) is 5.82 Å². The van der Waals surface area contributed by atoms with Crippen LogP contribution in [-0.4, -0.2) is 28.7 Å². The fraction of sp³-hybridized carbons (Fsp3) is 0.385. The van der Waals surface area contributed by atoms with Crippen molar-refractivity contribution in [2.24, 2.45) is 0 Å². The van der Waals surface area contributed by atoms with Crippen LogP contribution in [0.25, 0.3) is 10.8 Å². The number of hydrogen-bond acceptors (Lipinski definition) is 3. The first-order chi connectivity index (χ1) is 8.06. The number of alkyl halides is 1. The van der Waals surface area contributed by atoms with Gasteiger partial charge in [-0.25, -0.2) is 0 Å². The van der Waals surface area contributed by atoms with E-state index in [2.05, 4.69) is 35.0 Å². The van der Waals surface area contributed by atoms with Gasteiger partial charge in [-0.2, -0.15) is 5.10 Å². The van der Waals surface area contributed by atoms with Crippen LogP contribution in [0.3, 0.4) is 0 Å². The summed E-state index contributed by atoms with van der Waals surface area (Å²) in [5.41, 5.74) is -0.152. The Bertz CT molecular complexity index is 520. The molecule has 0 aliphatic carbocycles. The molecule has 0 amide bonds. The average Bonchev–Trinajstić information content (AvgIpc) is 2.37. The van der Waals surface area contributed by atoms with Gasteiger partial charge in [0.25, 0.3) is 0 Å². The molecule has 1 heterocycles. The number of halogens is 1. The molecule has 0 saturated carbocycles. The van der Waals surface area contributed by atoms with Gasteiger partial charge in [-0.1, -0.05) is 24.3 Å². The molecule has 17 heavy (non-hydrogen) atoms. The lowest BCUT2D eigenvalue weighted by Gasteiger charge is -2.35. The predicted octanol–water partition coefficient (Wildman–Crippen LogP) is 3.08. The van der Waals surface area contributed by atoms with Crippen LogP contribution in [0, 0.1) is 0 Å². The van der Waals surface area contributed by atoms with E-state index in [4.69, 9.17) is 11.6 Å². The molecular formula is C13H16ClN3. The van der Waals surface area contributed by atoms with Gasteiger partial charge in [-0.15, -0.1) is 16.7 Å². The molecule has 0 saturated heterocycles. The minimum absolute atomic E-state index is 0.152. The largest absolute Gasteiger partial charge is 0.351 e. The van der Waals surface area contributed by atoms with E-state index in [1.54, 1.807) is 6.20 Å². The van der Waals surface area contributed by atoms with Crippen LogP contribution in [0.2, 0.25) is 0 Å². The van der Waals surface area contributed by atoms with Crippen LogP contribution in [0.5, 0.6) is 0 Å². The summed E-state index contributed by atoms with van der Waals surface area (Å²) in [5.74, 6) is 1.41. The Kier molecular flexibility index (Phi) is 3.20. The summed E-state index contributed by atoms with van der Waals surface area (Å²) in [6.07, 6.45) is 1.78. The highest BCUT2D eigenvalue weighted by Crippen LogP contribution is 2.27. The van der Waals surface area contributed by atoms with E-state index in [1.165, 1.54) is 0 Å². The van der Waals surface area contributed by atoms with Gasteiger partial charge >= 0.3 is 0 Å². The van der Waals surface area contributed by atoms with Crippen molar-refractivity contribution >= 4 is 28.2 Å². The van der Waals surface area contributed by atoms with Crippen LogP contribution in [0.15, 0.2) is 30.5 Å². The molecule has 2 aromatic rings. The predicted molar refractivity (Wildman–Crippen MR) is 72.7 cm³/mol. The van der Waals surface area contributed by atoms with E-state index in [9.17, 15) is 0 Å². The summed E-state index contributed by atoms with van der Waals surface area (Å²) in [6.45, 7) is 4.17. The fourth-order valence-electron chi connectivity index (χ4n) is 1.64. The first-order valence-electron chi connectivity index (χ1n) is 5.56. The molecule has 0 bridgehead atoms. The third kappa shape index (κ3) is 2.20. The number of rotatable bonds is 3. The van der Waals surface area contributed by atoms with Gasteiger partial charge in [-0.3, -0.25) is 0 Å². The van der Waals surface area contributed by atoms with Crippen molar-refractivity contribution in [3.63, 3.8) is 0 Å². The third-order valence-electron chi connectivity index (χ3n) is 3.10. The maximum absolute atomic E-state index is 6.00. The number of aromatic nitrogens is 2. The number of anilines is 1. The zero-order valence-electron chi connectivity index (χ0n) is 10.3. The zero-order chi connectivity index (χ0) is 12.5. The van der Waals surface area contributed by atoms with Gasteiger partial charge in [0, 0.05) is 29.2 Å². The zero-order valence-corrected chi connectivity index (χ0v) is 11.1. The minimum atomic E-state index is -0.152. The van der Waals surface area contributed by atoms with E-state index in [0.29, 0.717) is 5.88 Å². The second-order valence-electron chi connectivity index (χ2n) is 4.76. The van der Waals surface area contributed by atoms with Crippen LogP contribution in [0.4, 0.5) is 5.82 Å². The lowest BCUT2D eigenvalue weighted by Crippen LogP contribution is -2.43. The van der Waals surface area contributed by atoms with Gasteiger partial charge in [0.1, 0.15) is 0 Å². The maximum Gasteiger partial charge on any atom is 0.159 e. The molecule has 3 nitrogen and oxygen atoms in total. The van der Waals surface area contributed by atoms with Crippen molar-refractivity contribution in [3.05, 3.63) is 30.5 Å². The number of nitrogens with zero attached hydrogens (tertiary/aromatic N) is 3. The molecular weight excluding hydrogens is 234 g/mol. The smallest absolute Gasteiger partial charge is 0.159 e. The number of fused-ring (bicyclic) bond motifs is 1. The van der Waals surface area contributed by atoms with E-state index >= 15 is 0 Å². The van der Waals surface area contributed by atoms with Crippen molar-refractivity contribution < 1.29 is 0 Å². The topological polar surface area (TPSA) is 29.0 Å². The van der Waals surface area contributed by atoms with E-state index in [1.807, 2.05) is 25.2 Å². The molecule has 4 heteroatoms. The third-order valence-corrected chi connectivity index (χ3v) is 3.76. The molecule has 1 aromatic carbocycles. The standard InChI is InChI=1S/C13H16ClN3/c1-13(2,9-14)17(3)12-11-7-5-4-6-10(11)8-15-16-12/h4-8H,9H2,1-3H3. The Morgan fingerprint density at radius 2 is 2.00 bits per heavy atom. The Balaban J connectivity index is 2.56.